The van der Waals surface area contributed by atoms with E-state index in [2.05, 4.69) is 17.4 Å². The third-order valence-electron chi connectivity index (χ3n) is 4.82. The summed E-state index contributed by atoms with van der Waals surface area (Å²) in [5.41, 5.74) is 4.57. The van der Waals surface area contributed by atoms with Crippen LogP contribution in [0.1, 0.15) is 30.9 Å². The maximum absolute atomic E-state index is 12.1. The summed E-state index contributed by atoms with van der Waals surface area (Å²) < 4.78 is 10.8. The minimum atomic E-state index is -1.01. The molecule has 1 aliphatic rings. The molecule has 6 nitrogen and oxygen atoms in total. The Morgan fingerprint density at radius 3 is 2.14 bits per heavy atom. The van der Waals surface area contributed by atoms with Crippen LogP contribution in [0.2, 0.25) is 0 Å². The highest BCUT2D eigenvalue weighted by Gasteiger charge is 2.29. The number of aliphatic carboxylic acids is 1. The van der Waals surface area contributed by atoms with Gasteiger partial charge in [0, 0.05) is 12.5 Å². The number of amides is 1. The summed E-state index contributed by atoms with van der Waals surface area (Å²) >= 11 is 0. The van der Waals surface area contributed by atoms with Crippen LogP contribution in [-0.2, 0) is 14.3 Å². The average Bonchev–Trinajstić information content (AvgIpc) is 3.00. The van der Waals surface area contributed by atoms with Gasteiger partial charge in [-0.1, -0.05) is 48.5 Å². The molecule has 6 heteroatoms. The number of carboxylic acid groups (broad SMARTS) is 1. The van der Waals surface area contributed by atoms with Crippen LogP contribution in [0.4, 0.5) is 4.79 Å². The van der Waals surface area contributed by atoms with E-state index in [1.54, 1.807) is 0 Å². The monoisotopic (exact) mass is 383 g/mol. The average molecular weight is 383 g/mol. The topological polar surface area (TPSA) is 84.9 Å². The molecule has 28 heavy (non-hydrogen) atoms. The molecule has 2 N–H and O–H groups in total. The standard InChI is InChI=1S/C22H25NO5/c1-14(2)27-12-15(21(24)25)11-23-22(26)28-13-20-18-9-5-3-7-16(18)17-8-4-6-10-19(17)20/h3-10,14-15,20H,11-13H2,1-2H3,(H,23,26)(H,24,25). The first-order chi connectivity index (χ1) is 13.5. The predicted molar refractivity (Wildman–Crippen MR) is 105 cm³/mol. The lowest BCUT2D eigenvalue weighted by atomic mass is 9.98. The molecule has 1 unspecified atom stereocenters. The van der Waals surface area contributed by atoms with Crippen molar-refractivity contribution >= 4 is 12.1 Å². The van der Waals surface area contributed by atoms with Crippen LogP contribution >= 0.6 is 0 Å². The first-order valence-corrected chi connectivity index (χ1v) is 9.40. The zero-order valence-corrected chi connectivity index (χ0v) is 16.1. The third kappa shape index (κ3) is 4.51. The van der Waals surface area contributed by atoms with Crippen molar-refractivity contribution in [3.8, 4) is 11.1 Å². The summed E-state index contributed by atoms with van der Waals surface area (Å²) in [7, 11) is 0. The van der Waals surface area contributed by atoms with Gasteiger partial charge in [0.1, 0.15) is 6.61 Å². The number of ether oxygens (including phenoxy) is 2. The predicted octanol–water partition coefficient (Wildman–Crippen LogP) is 3.65. The van der Waals surface area contributed by atoms with E-state index in [1.165, 1.54) is 0 Å². The van der Waals surface area contributed by atoms with Crippen molar-refractivity contribution in [2.75, 3.05) is 19.8 Å². The number of carboxylic acids is 1. The maximum Gasteiger partial charge on any atom is 0.407 e. The summed E-state index contributed by atoms with van der Waals surface area (Å²) in [6, 6.07) is 16.2. The second-order valence-electron chi connectivity index (χ2n) is 7.12. The van der Waals surface area contributed by atoms with Gasteiger partial charge >= 0.3 is 12.1 Å². The summed E-state index contributed by atoms with van der Waals surface area (Å²) in [6.07, 6.45) is -0.700. The zero-order valence-electron chi connectivity index (χ0n) is 16.1. The van der Waals surface area contributed by atoms with E-state index in [0.717, 1.165) is 22.3 Å². The Morgan fingerprint density at radius 1 is 1.04 bits per heavy atom. The minimum Gasteiger partial charge on any atom is -0.481 e. The number of rotatable bonds is 8. The molecule has 1 amide bonds. The number of hydrogen-bond acceptors (Lipinski definition) is 4. The molecule has 0 aliphatic heterocycles. The van der Waals surface area contributed by atoms with Gasteiger partial charge in [0.05, 0.1) is 18.6 Å². The molecule has 0 aromatic heterocycles. The minimum absolute atomic E-state index is 0.0299. The highest BCUT2D eigenvalue weighted by Crippen LogP contribution is 2.44. The molecule has 2 aromatic rings. The van der Waals surface area contributed by atoms with Crippen molar-refractivity contribution in [3.05, 3.63) is 59.7 Å². The molecule has 1 aliphatic carbocycles. The lowest BCUT2D eigenvalue weighted by Gasteiger charge is -2.17. The molecule has 1 atom stereocenters. The second-order valence-corrected chi connectivity index (χ2v) is 7.12. The molecule has 0 fully saturated rings. The normalized spacial score (nSPS) is 13.7. The summed E-state index contributed by atoms with van der Waals surface area (Å²) in [6.45, 7) is 3.85. The van der Waals surface area contributed by atoms with Crippen LogP contribution in [-0.4, -0.2) is 43.0 Å². The Morgan fingerprint density at radius 2 is 1.61 bits per heavy atom. The zero-order chi connectivity index (χ0) is 20.1. The number of carbonyl (C=O) groups is 2. The van der Waals surface area contributed by atoms with Crippen LogP contribution in [0.15, 0.2) is 48.5 Å². The molecule has 0 saturated heterocycles. The van der Waals surface area contributed by atoms with Crippen LogP contribution in [0, 0.1) is 5.92 Å². The fraction of sp³-hybridized carbons (Fsp3) is 0.364. The largest absolute Gasteiger partial charge is 0.481 e. The SMILES string of the molecule is CC(C)OCC(CNC(=O)OCC1c2ccccc2-c2ccccc21)C(=O)O. The molecular formula is C22H25NO5. The smallest absolute Gasteiger partial charge is 0.407 e. The third-order valence-corrected chi connectivity index (χ3v) is 4.82. The summed E-state index contributed by atoms with van der Waals surface area (Å²) in [5.74, 6) is -1.86. The van der Waals surface area contributed by atoms with E-state index < -0.39 is 18.0 Å². The number of alkyl carbamates (subject to hydrolysis) is 1. The number of hydrogen-bond donors (Lipinski definition) is 2. The van der Waals surface area contributed by atoms with Crippen LogP contribution < -0.4 is 5.32 Å². The van der Waals surface area contributed by atoms with Crippen molar-refractivity contribution in [1.82, 2.24) is 5.32 Å². The Bertz CT molecular complexity index is 803. The highest BCUT2D eigenvalue weighted by atomic mass is 16.5. The molecule has 0 spiro atoms. The van der Waals surface area contributed by atoms with Crippen molar-refractivity contribution in [2.45, 2.75) is 25.9 Å². The Balaban J connectivity index is 1.58. The van der Waals surface area contributed by atoms with E-state index in [-0.39, 0.29) is 31.8 Å². The van der Waals surface area contributed by atoms with Gasteiger partial charge in [-0.15, -0.1) is 0 Å². The molecule has 0 bridgehead atoms. The second kappa shape index (κ2) is 8.89. The Kier molecular flexibility index (Phi) is 6.31. The molecule has 0 radical (unpaired) electrons. The lowest BCUT2D eigenvalue weighted by Crippen LogP contribution is -2.36. The fourth-order valence-corrected chi connectivity index (χ4v) is 3.38. The van der Waals surface area contributed by atoms with E-state index in [4.69, 9.17) is 9.47 Å². The van der Waals surface area contributed by atoms with Gasteiger partial charge in [-0.25, -0.2) is 4.79 Å². The maximum atomic E-state index is 12.1. The molecule has 0 saturated carbocycles. The van der Waals surface area contributed by atoms with Gasteiger partial charge in [-0.05, 0) is 36.1 Å². The summed E-state index contributed by atoms with van der Waals surface area (Å²) in [5, 5.41) is 11.8. The van der Waals surface area contributed by atoms with Gasteiger partial charge < -0.3 is 19.9 Å². The highest BCUT2D eigenvalue weighted by molar-refractivity contribution is 5.79. The number of nitrogens with one attached hydrogen (secondary N) is 1. The van der Waals surface area contributed by atoms with Gasteiger partial charge in [0.15, 0.2) is 0 Å². The summed E-state index contributed by atoms with van der Waals surface area (Å²) in [4.78, 5) is 23.4. The quantitative estimate of drug-likeness (QED) is 0.727. The number of carbonyl (C=O) groups excluding carboxylic acids is 1. The Hall–Kier alpha value is -2.86. The van der Waals surface area contributed by atoms with Crippen LogP contribution in [0.5, 0.6) is 0 Å². The lowest BCUT2D eigenvalue weighted by molar-refractivity contribution is -0.144. The van der Waals surface area contributed by atoms with Crippen molar-refractivity contribution in [3.63, 3.8) is 0 Å². The first-order valence-electron chi connectivity index (χ1n) is 9.40. The van der Waals surface area contributed by atoms with E-state index in [1.807, 2.05) is 50.2 Å². The van der Waals surface area contributed by atoms with E-state index >= 15 is 0 Å². The number of fused-ring (bicyclic) bond motifs is 3. The van der Waals surface area contributed by atoms with Crippen LogP contribution in [0.3, 0.4) is 0 Å². The van der Waals surface area contributed by atoms with E-state index in [9.17, 15) is 14.7 Å². The molecule has 148 valence electrons. The van der Waals surface area contributed by atoms with Gasteiger partial charge in [-0.3, -0.25) is 4.79 Å². The molecule has 0 heterocycles. The molecular weight excluding hydrogens is 358 g/mol. The van der Waals surface area contributed by atoms with Crippen molar-refractivity contribution in [1.29, 1.82) is 0 Å². The van der Waals surface area contributed by atoms with Crippen molar-refractivity contribution in [2.24, 2.45) is 5.92 Å². The van der Waals surface area contributed by atoms with Gasteiger partial charge in [0.25, 0.3) is 0 Å². The number of benzene rings is 2. The van der Waals surface area contributed by atoms with Gasteiger partial charge in [0.2, 0.25) is 0 Å². The fourth-order valence-electron chi connectivity index (χ4n) is 3.38. The Labute approximate surface area is 164 Å². The molecule has 3 rings (SSSR count). The molecule has 2 aromatic carbocycles. The van der Waals surface area contributed by atoms with Crippen LogP contribution in [0.25, 0.3) is 11.1 Å². The van der Waals surface area contributed by atoms with Crippen molar-refractivity contribution < 1.29 is 24.2 Å². The first kappa shape index (κ1) is 19.9. The van der Waals surface area contributed by atoms with E-state index in [0.29, 0.717) is 0 Å². The van der Waals surface area contributed by atoms with Gasteiger partial charge in [-0.2, -0.15) is 0 Å².